The van der Waals surface area contributed by atoms with E-state index < -0.39 is 17.3 Å². The molecule has 0 aliphatic carbocycles. The summed E-state index contributed by atoms with van der Waals surface area (Å²) in [6, 6.07) is 11.5. The number of anilines is 1. The zero-order valence-corrected chi connectivity index (χ0v) is 15.8. The first-order chi connectivity index (χ1) is 13.9. The summed E-state index contributed by atoms with van der Waals surface area (Å²) in [6.45, 7) is 3.65. The van der Waals surface area contributed by atoms with Gasteiger partial charge in [-0.05, 0) is 49.2 Å². The van der Waals surface area contributed by atoms with Crippen molar-refractivity contribution in [2.24, 2.45) is 0 Å². The molecule has 0 spiro atoms. The third-order valence-electron chi connectivity index (χ3n) is 4.63. The van der Waals surface area contributed by atoms with Gasteiger partial charge in [-0.15, -0.1) is 5.10 Å². The lowest BCUT2D eigenvalue weighted by Crippen LogP contribution is -2.28. The highest BCUT2D eigenvalue weighted by molar-refractivity contribution is 5.90. The molecule has 4 aromatic rings. The Morgan fingerprint density at radius 3 is 2.69 bits per heavy atom. The molecule has 2 heterocycles. The van der Waals surface area contributed by atoms with Gasteiger partial charge in [-0.2, -0.15) is 4.68 Å². The van der Waals surface area contributed by atoms with E-state index in [1.807, 2.05) is 32.0 Å². The Morgan fingerprint density at radius 2 is 1.93 bits per heavy atom. The monoisotopic (exact) mass is 392 g/mol. The van der Waals surface area contributed by atoms with Crippen LogP contribution in [0.1, 0.15) is 11.1 Å². The van der Waals surface area contributed by atoms with Crippen molar-refractivity contribution in [2.75, 3.05) is 5.32 Å². The Hall–Kier alpha value is -3.88. The molecule has 0 aliphatic rings. The highest BCUT2D eigenvalue weighted by atomic mass is 19.1. The molecule has 0 saturated carbocycles. The summed E-state index contributed by atoms with van der Waals surface area (Å²) in [7, 11) is 0. The van der Waals surface area contributed by atoms with Gasteiger partial charge in [0.2, 0.25) is 5.91 Å². The Labute approximate surface area is 164 Å². The molecule has 2 aromatic carbocycles. The van der Waals surface area contributed by atoms with Crippen LogP contribution in [0.2, 0.25) is 0 Å². The van der Waals surface area contributed by atoms with E-state index in [2.05, 4.69) is 20.6 Å². The number of nitrogens with one attached hydrogen (secondary N) is 1. The maximum atomic E-state index is 13.7. The normalized spacial score (nSPS) is 11.0. The molecule has 0 aliphatic heterocycles. The zero-order chi connectivity index (χ0) is 20.5. The van der Waals surface area contributed by atoms with Crippen LogP contribution in [0.3, 0.4) is 0 Å². The molecule has 0 radical (unpaired) electrons. The van der Waals surface area contributed by atoms with Gasteiger partial charge in [0.15, 0.2) is 11.2 Å². The summed E-state index contributed by atoms with van der Waals surface area (Å²) in [5, 5.41) is 10.4. The van der Waals surface area contributed by atoms with Gasteiger partial charge in [0.1, 0.15) is 18.7 Å². The fraction of sp³-hybridized carbons (Fsp3) is 0.150. The second kappa shape index (κ2) is 7.27. The molecule has 146 valence electrons. The van der Waals surface area contributed by atoms with Crippen molar-refractivity contribution in [2.45, 2.75) is 20.4 Å². The van der Waals surface area contributed by atoms with E-state index in [9.17, 15) is 14.0 Å². The first kappa shape index (κ1) is 18.5. The Bertz CT molecular complexity index is 1290. The third-order valence-corrected chi connectivity index (χ3v) is 4.63. The van der Waals surface area contributed by atoms with E-state index in [0.717, 1.165) is 21.4 Å². The molecular formula is C20H17FN6O2. The molecule has 0 saturated heterocycles. The van der Waals surface area contributed by atoms with Crippen LogP contribution >= 0.6 is 0 Å². The highest BCUT2D eigenvalue weighted by Gasteiger charge is 2.15. The minimum Gasteiger partial charge on any atom is -0.322 e. The molecule has 1 amide bonds. The number of hydrogen-bond acceptors (Lipinski definition) is 5. The average molecular weight is 392 g/mol. The van der Waals surface area contributed by atoms with Crippen molar-refractivity contribution in [1.29, 1.82) is 0 Å². The van der Waals surface area contributed by atoms with Crippen LogP contribution in [0.15, 0.2) is 53.6 Å². The molecule has 2 aromatic heterocycles. The van der Waals surface area contributed by atoms with Crippen LogP contribution in [0, 0.1) is 19.7 Å². The number of carbonyl (C=O) groups excluding carboxylic acids is 1. The van der Waals surface area contributed by atoms with Crippen molar-refractivity contribution in [1.82, 2.24) is 24.5 Å². The Morgan fingerprint density at radius 1 is 1.14 bits per heavy atom. The molecule has 0 fully saturated rings. The number of amides is 1. The number of rotatable bonds is 4. The minimum atomic E-state index is -0.557. The largest absolute Gasteiger partial charge is 0.322 e. The fourth-order valence-corrected chi connectivity index (χ4v) is 2.89. The molecule has 4 rings (SSSR count). The molecule has 0 bridgehead atoms. The van der Waals surface area contributed by atoms with Gasteiger partial charge in [-0.25, -0.2) is 9.37 Å². The van der Waals surface area contributed by atoms with Crippen LogP contribution in [-0.4, -0.2) is 30.5 Å². The number of para-hydroxylation sites is 1. The van der Waals surface area contributed by atoms with Crippen molar-refractivity contribution >= 4 is 22.8 Å². The van der Waals surface area contributed by atoms with E-state index in [0.29, 0.717) is 5.65 Å². The van der Waals surface area contributed by atoms with Crippen LogP contribution in [0.4, 0.5) is 10.1 Å². The predicted octanol–water partition coefficient (Wildman–Crippen LogP) is 2.37. The third kappa shape index (κ3) is 3.49. The summed E-state index contributed by atoms with van der Waals surface area (Å²) in [6.07, 6.45) is 1.26. The lowest BCUT2D eigenvalue weighted by atomic mass is 10.1. The number of hydrogen-bond donors (Lipinski definition) is 1. The Balaban J connectivity index is 1.63. The molecular weight excluding hydrogens is 375 g/mol. The summed E-state index contributed by atoms with van der Waals surface area (Å²) in [4.78, 5) is 29.2. The first-order valence-electron chi connectivity index (χ1n) is 8.87. The zero-order valence-electron chi connectivity index (χ0n) is 15.8. The van der Waals surface area contributed by atoms with Crippen LogP contribution in [0.5, 0.6) is 0 Å². The smallest absolute Gasteiger partial charge is 0.284 e. The van der Waals surface area contributed by atoms with Gasteiger partial charge in [-0.3, -0.25) is 14.2 Å². The number of fused-ring (bicyclic) bond motifs is 1. The van der Waals surface area contributed by atoms with Crippen LogP contribution in [-0.2, 0) is 11.3 Å². The predicted molar refractivity (Wildman–Crippen MR) is 105 cm³/mol. The second-order valence-electron chi connectivity index (χ2n) is 6.65. The highest BCUT2D eigenvalue weighted by Crippen LogP contribution is 2.16. The van der Waals surface area contributed by atoms with E-state index in [4.69, 9.17) is 0 Å². The van der Waals surface area contributed by atoms with Crippen LogP contribution in [0.25, 0.3) is 16.9 Å². The van der Waals surface area contributed by atoms with Crippen LogP contribution < -0.4 is 10.9 Å². The summed E-state index contributed by atoms with van der Waals surface area (Å²) in [5.41, 5.74) is 2.82. The van der Waals surface area contributed by atoms with Crippen molar-refractivity contribution < 1.29 is 9.18 Å². The van der Waals surface area contributed by atoms with Gasteiger partial charge in [0.25, 0.3) is 5.56 Å². The number of halogens is 1. The number of aryl methyl sites for hydroxylation is 2. The molecule has 1 N–H and O–H groups in total. The number of nitrogens with zero attached hydrogens (tertiary/aromatic N) is 5. The molecule has 9 heteroatoms. The van der Waals surface area contributed by atoms with Crippen molar-refractivity contribution in [3.63, 3.8) is 0 Å². The number of benzene rings is 2. The van der Waals surface area contributed by atoms with Crippen molar-refractivity contribution in [3.05, 3.63) is 76.1 Å². The van der Waals surface area contributed by atoms with E-state index in [-0.39, 0.29) is 17.7 Å². The number of aromatic nitrogens is 5. The molecule has 0 unspecified atom stereocenters. The molecule has 8 nitrogen and oxygen atoms in total. The minimum absolute atomic E-state index is 0.0419. The lowest BCUT2D eigenvalue weighted by molar-refractivity contribution is -0.116. The summed E-state index contributed by atoms with van der Waals surface area (Å²) >= 11 is 0. The number of carbonyl (C=O) groups is 1. The SMILES string of the molecule is Cc1ccc(-n2nnc3c(=O)n(CC(=O)Nc4ccccc4F)cnc32)cc1C. The van der Waals surface area contributed by atoms with E-state index in [1.54, 1.807) is 6.07 Å². The Kier molecular flexibility index (Phi) is 4.63. The van der Waals surface area contributed by atoms with Gasteiger partial charge >= 0.3 is 0 Å². The summed E-state index contributed by atoms with van der Waals surface area (Å²) < 4.78 is 16.3. The second-order valence-corrected chi connectivity index (χ2v) is 6.65. The van der Waals surface area contributed by atoms with Gasteiger partial charge in [0, 0.05) is 0 Å². The topological polar surface area (TPSA) is 94.7 Å². The molecule has 29 heavy (non-hydrogen) atoms. The first-order valence-corrected chi connectivity index (χ1v) is 8.87. The van der Waals surface area contributed by atoms with Gasteiger partial charge < -0.3 is 5.32 Å². The van der Waals surface area contributed by atoms with E-state index in [1.165, 1.54) is 29.2 Å². The standard InChI is InChI=1S/C20H17FN6O2/c1-12-7-8-14(9-13(12)2)27-19-18(24-25-27)20(29)26(11-22-19)10-17(28)23-16-6-4-3-5-15(16)21/h3-9,11H,10H2,1-2H3,(H,23,28). The average Bonchev–Trinajstić information content (AvgIpc) is 3.13. The molecule has 0 atom stereocenters. The van der Waals surface area contributed by atoms with E-state index >= 15 is 0 Å². The fourth-order valence-electron chi connectivity index (χ4n) is 2.89. The quantitative estimate of drug-likeness (QED) is 0.575. The van der Waals surface area contributed by atoms with Gasteiger partial charge in [-0.1, -0.05) is 23.4 Å². The lowest BCUT2D eigenvalue weighted by Gasteiger charge is -2.08. The van der Waals surface area contributed by atoms with Crippen molar-refractivity contribution in [3.8, 4) is 5.69 Å². The summed E-state index contributed by atoms with van der Waals surface area (Å²) in [5.74, 6) is -1.11. The van der Waals surface area contributed by atoms with Gasteiger partial charge in [0.05, 0.1) is 11.4 Å². The maximum Gasteiger partial charge on any atom is 0.284 e. The maximum absolute atomic E-state index is 13.7.